The molecule has 2 heterocycles. The van der Waals surface area contributed by atoms with Crippen LogP contribution in [0.25, 0.3) is 0 Å². The molecule has 0 fully saturated rings. The molecule has 2 aromatic heterocycles. The molecule has 0 bridgehead atoms. The average molecular weight is 316 g/mol. The molecule has 0 saturated heterocycles. The Morgan fingerprint density at radius 1 is 1.44 bits per heavy atom. The second-order valence-corrected chi connectivity index (χ2v) is 6.20. The van der Waals surface area contributed by atoms with Gasteiger partial charge in [-0.15, -0.1) is 11.3 Å². The Bertz CT molecular complexity index is 525. The molecule has 3 nitrogen and oxygen atoms in total. The minimum atomic E-state index is 0.701. The molecule has 0 amide bonds. The fourth-order valence-corrected chi connectivity index (χ4v) is 3.47. The second kappa shape index (κ2) is 4.73. The van der Waals surface area contributed by atoms with E-state index in [-0.39, 0.29) is 0 Å². The highest BCUT2D eigenvalue weighted by atomic mass is 79.9. The fraction of sp³-hybridized carbons (Fsp3) is 0.200. The van der Waals surface area contributed by atoms with Gasteiger partial charge in [-0.2, -0.15) is 0 Å². The van der Waals surface area contributed by atoms with E-state index in [0.29, 0.717) is 5.69 Å². The van der Waals surface area contributed by atoms with Crippen LogP contribution in [0, 0.1) is 13.8 Å². The number of nitrogen functional groups attached to an aromatic ring is 1. The smallest absolute Gasteiger partial charge is 0.156 e. The van der Waals surface area contributed by atoms with Crippen molar-refractivity contribution in [1.29, 1.82) is 0 Å². The van der Waals surface area contributed by atoms with Crippen LogP contribution in [-0.4, -0.2) is 9.97 Å². The van der Waals surface area contributed by atoms with E-state index >= 15 is 0 Å². The Morgan fingerprint density at radius 2 is 2.19 bits per heavy atom. The van der Waals surface area contributed by atoms with Crippen molar-refractivity contribution in [2.45, 2.75) is 23.2 Å². The predicted octanol–water partition coefficient (Wildman–Crippen LogP) is 3.65. The van der Waals surface area contributed by atoms with Gasteiger partial charge in [-0.05, 0) is 47.1 Å². The average Bonchev–Trinajstić information content (AvgIpc) is 2.65. The lowest BCUT2D eigenvalue weighted by molar-refractivity contribution is 1.08. The summed E-state index contributed by atoms with van der Waals surface area (Å²) in [4.78, 5) is 8.69. The van der Waals surface area contributed by atoms with E-state index in [9.17, 15) is 0 Å². The zero-order chi connectivity index (χ0) is 11.7. The van der Waals surface area contributed by atoms with Gasteiger partial charge in [0.1, 0.15) is 5.03 Å². The molecule has 84 valence electrons. The Labute approximate surface area is 111 Å². The zero-order valence-corrected chi connectivity index (χ0v) is 12.0. The van der Waals surface area contributed by atoms with Gasteiger partial charge < -0.3 is 5.73 Å². The molecule has 2 aromatic rings. The van der Waals surface area contributed by atoms with Crippen molar-refractivity contribution in [2.75, 3.05) is 5.73 Å². The largest absolute Gasteiger partial charge is 0.397 e. The maximum Gasteiger partial charge on any atom is 0.156 e. The molecule has 2 N–H and O–H groups in total. The number of halogens is 1. The Morgan fingerprint density at radius 3 is 2.81 bits per heavy atom. The molecule has 0 aromatic carbocycles. The van der Waals surface area contributed by atoms with Gasteiger partial charge in [0.25, 0.3) is 0 Å². The van der Waals surface area contributed by atoms with Crippen molar-refractivity contribution in [3.8, 4) is 0 Å². The van der Waals surface area contributed by atoms with Gasteiger partial charge in [-0.25, -0.2) is 9.97 Å². The third kappa shape index (κ3) is 2.39. The molecule has 6 heteroatoms. The molecule has 0 saturated carbocycles. The maximum atomic E-state index is 5.77. The topological polar surface area (TPSA) is 51.8 Å². The number of aromatic nitrogens is 2. The van der Waals surface area contributed by atoms with Crippen molar-refractivity contribution in [2.24, 2.45) is 0 Å². The summed E-state index contributed by atoms with van der Waals surface area (Å²) in [6.07, 6.45) is 1.68. The van der Waals surface area contributed by atoms with Crippen molar-refractivity contribution in [3.63, 3.8) is 0 Å². The van der Waals surface area contributed by atoms with E-state index in [1.165, 1.54) is 0 Å². The molecule has 0 aliphatic heterocycles. The first-order valence-electron chi connectivity index (χ1n) is 4.58. The summed E-state index contributed by atoms with van der Waals surface area (Å²) in [6.45, 7) is 3.95. The summed E-state index contributed by atoms with van der Waals surface area (Å²) >= 11 is 6.68. The Kier molecular flexibility index (Phi) is 3.51. The number of nitrogens with zero attached hydrogens (tertiary/aromatic N) is 2. The Balaban J connectivity index is 2.32. The van der Waals surface area contributed by atoms with Gasteiger partial charge in [0, 0.05) is 11.1 Å². The minimum absolute atomic E-state index is 0.701. The molecule has 0 spiro atoms. The highest BCUT2D eigenvalue weighted by molar-refractivity contribution is 9.10. The number of hydrogen-bond donors (Lipinski definition) is 1. The first-order valence-corrected chi connectivity index (χ1v) is 7.07. The fourth-order valence-electron chi connectivity index (χ4n) is 1.10. The van der Waals surface area contributed by atoms with Crippen LogP contribution in [0.4, 0.5) is 5.69 Å². The molecule has 0 aliphatic carbocycles. The van der Waals surface area contributed by atoms with E-state index in [0.717, 1.165) is 25.1 Å². The van der Waals surface area contributed by atoms with Crippen LogP contribution in [0.2, 0.25) is 0 Å². The lowest BCUT2D eigenvalue weighted by Crippen LogP contribution is -1.94. The highest BCUT2D eigenvalue weighted by Crippen LogP contribution is 2.36. The molecule has 16 heavy (non-hydrogen) atoms. The van der Waals surface area contributed by atoms with Crippen LogP contribution in [0.1, 0.15) is 11.3 Å². The third-order valence-corrected chi connectivity index (χ3v) is 5.34. The Hall–Kier alpha value is -0.590. The van der Waals surface area contributed by atoms with E-state index in [1.807, 2.05) is 19.2 Å². The lowest BCUT2D eigenvalue weighted by Gasteiger charge is -2.06. The summed E-state index contributed by atoms with van der Waals surface area (Å²) < 4.78 is 1.94. The van der Waals surface area contributed by atoms with Gasteiger partial charge in [-0.1, -0.05) is 0 Å². The lowest BCUT2D eigenvalue weighted by atomic mass is 10.3. The number of nitrogens with two attached hydrogens (primary N) is 1. The van der Waals surface area contributed by atoms with Gasteiger partial charge in [0.2, 0.25) is 0 Å². The van der Waals surface area contributed by atoms with Crippen LogP contribution in [0.5, 0.6) is 0 Å². The molecule has 0 unspecified atom stereocenters. The predicted molar refractivity (Wildman–Crippen MR) is 72.1 cm³/mol. The number of rotatable bonds is 2. The summed E-state index contributed by atoms with van der Waals surface area (Å²) in [5.41, 5.74) is 8.53. The SMILES string of the molecule is Cc1csc(Sc2ncc(N)c(C)c2Br)n1. The number of anilines is 1. The van der Waals surface area contributed by atoms with Gasteiger partial charge in [0.15, 0.2) is 4.34 Å². The summed E-state index contributed by atoms with van der Waals surface area (Å²) in [7, 11) is 0. The monoisotopic (exact) mass is 315 g/mol. The maximum absolute atomic E-state index is 5.77. The van der Waals surface area contributed by atoms with Crippen LogP contribution < -0.4 is 5.73 Å². The number of thiazole rings is 1. The van der Waals surface area contributed by atoms with Crippen molar-refractivity contribution in [1.82, 2.24) is 9.97 Å². The van der Waals surface area contributed by atoms with E-state index in [1.54, 1.807) is 29.3 Å². The van der Waals surface area contributed by atoms with Crippen LogP contribution in [0.15, 0.2) is 25.4 Å². The number of pyridine rings is 1. The van der Waals surface area contributed by atoms with Gasteiger partial charge in [-0.3, -0.25) is 0 Å². The quantitative estimate of drug-likeness (QED) is 0.919. The first kappa shape index (κ1) is 11.9. The summed E-state index contributed by atoms with van der Waals surface area (Å²) in [6, 6.07) is 0. The number of hydrogen-bond acceptors (Lipinski definition) is 5. The summed E-state index contributed by atoms with van der Waals surface area (Å²) in [5, 5.41) is 2.93. The molecule has 0 aliphatic rings. The molecule has 0 radical (unpaired) electrons. The number of aryl methyl sites for hydroxylation is 1. The van der Waals surface area contributed by atoms with Crippen LogP contribution >= 0.6 is 39.0 Å². The molecule has 2 rings (SSSR count). The second-order valence-electron chi connectivity index (χ2n) is 3.31. The zero-order valence-electron chi connectivity index (χ0n) is 8.82. The summed E-state index contributed by atoms with van der Waals surface area (Å²) in [5.74, 6) is 0. The third-order valence-electron chi connectivity index (χ3n) is 2.05. The molecular formula is C10H10BrN3S2. The van der Waals surface area contributed by atoms with E-state index in [4.69, 9.17) is 5.73 Å². The van der Waals surface area contributed by atoms with E-state index in [2.05, 4.69) is 25.9 Å². The van der Waals surface area contributed by atoms with Crippen LogP contribution in [-0.2, 0) is 0 Å². The first-order chi connectivity index (χ1) is 7.58. The molecular weight excluding hydrogens is 306 g/mol. The van der Waals surface area contributed by atoms with Crippen molar-refractivity contribution < 1.29 is 0 Å². The normalized spacial score (nSPS) is 10.7. The van der Waals surface area contributed by atoms with Crippen molar-refractivity contribution >= 4 is 44.7 Å². The molecule has 0 atom stereocenters. The van der Waals surface area contributed by atoms with Crippen molar-refractivity contribution in [3.05, 3.63) is 27.3 Å². The highest BCUT2D eigenvalue weighted by Gasteiger charge is 2.10. The van der Waals surface area contributed by atoms with Gasteiger partial charge in [0.05, 0.1) is 16.4 Å². The van der Waals surface area contributed by atoms with Gasteiger partial charge >= 0.3 is 0 Å². The van der Waals surface area contributed by atoms with Crippen LogP contribution in [0.3, 0.4) is 0 Å². The standard InChI is InChI=1S/C10H10BrN3S2/c1-5-4-15-10(14-5)16-9-8(11)6(2)7(12)3-13-9/h3-4H,12H2,1-2H3. The van der Waals surface area contributed by atoms with E-state index < -0.39 is 0 Å². The minimum Gasteiger partial charge on any atom is -0.397 e.